The SMILES string of the molecule is COSOCCOc1ccc(-c2ccc(N(c3ccc(C)cc3)c3ccc(C)cc3)cc2)cc1. The molecule has 5 heteroatoms. The number of benzene rings is 4. The minimum absolute atomic E-state index is 0.459. The Morgan fingerprint density at radius 1 is 0.588 bits per heavy atom. The second kappa shape index (κ2) is 11.7. The molecule has 0 saturated carbocycles. The van der Waals surface area contributed by atoms with Crippen LogP contribution in [0.2, 0.25) is 0 Å². The van der Waals surface area contributed by atoms with E-state index >= 15 is 0 Å². The van der Waals surface area contributed by atoms with Gasteiger partial charge in [-0.3, -0.25) is 8.37 Å². The molecule has 0 amide bonds. The molecular formula is C29H29NO3S. The highest BCUT2D eigenvalue weighted by Gasteiger charge is 2.12. The molecule has 34 heavy (non-hydrogen) atoms. The molecule has 4 rings (SSSR count). The van der Waals surface area contributed by atoms with E-state index in [-0.39, 0.29) is 0 Å². The maximum atomic E-state index is 5.71. The Labute approximate surface area is 206 Å². The Hall–Kier alpha value is -3.25. The lowest BCUT2D eigenvalue weighted by atomic mass is 10.0. The Morgan fingerprint density at radius 3 is 1.50 bits per heavy atom. The number of ether oxygens (including phenoxy) is 1. The van der Waals surface area contributed by atoms with Gasteiger partial charge < -0.3 is 9.64 Å². The van der Waals surface area contributed by atoms with Crippen molar-refractivity contribution in [3.8, 4) is 16.9 Å². The van der Waals surface area contributed by atoms with Crippen molar-refractivity contribution in [2.75, 3.05) is 25.2 Å². The smallest absolute Gasteiger partial charge is 0.158 e. The van der Waals surface area contributed by atoms with Gasteiger partial charge in [-0.1, -0.05) is 59.7 Å². The molecule has 0 saturated heterocycles. The third-order valence-electron chi connectivity index (χ3n) is 5.45. The molecule has 0 aromatic heterocycles. The Bertz CT molecular complexity index is 1110. The zero-order valence-electron chi connectivity index (χ0n) is 19.7. The first-order valence-corrected chi connectivity index (χ1v) is 11.9. The normalized spacial score (nSPS) is 10.8. The van der Waals surface area contributed by atoms with Gasteiger partial charge in [-0.2, -0.15) is 0 Å². The highest BCUT2D eigenvalue weighted by molar-refractivity contribution is 7.89. The van der Waals surface area contributed by atoms with Crippen LogP contribution in [-0.2, 0) is 8.37 Å². The summed E-state index contributed by atoms with van der Waals surface area (Å²) in [5, 5.41) is 0. The third kappa shape index (κ3) is 6.20. The molecular weight excluding hydrogens is 442 g/mol. The van der Waals surface area contributed by atoms with Gasteiger partial charge in [0.25, 0.3) is 0 Å². The van der Waals surface area contributed by atoms with E-state index in [0.29, 0.717) is 13.2 Å². The molecule has 0 aliphatic rings. The summed E-state index contributed by atoms with van der Waals surface area (Å²) in [6.45, 7) is 5.15. The maximum absolute atomic E-state index is 5.71. The minimum atomic E-state index is 0.459. The summed E-state index contributed by atoms with van der Waals surface area (Å²) >= 11 is 0.961. The molecule has 0 bridgehead atoms. The van der Waals surface area contributed by atoms with Gasteiger partial charge in [-0.25, -0.2) is 0 Å². The predicted octanol–water partition coefficient (Wildman–Crippen LogP) is 8.05. The maximum Gasteiger partial charge on any atom is 0.158 e. The molecule has 4 aromatic rings. The highest BCUT2D eigenvalue weighted by atomic mass is 32.2. The molecule has 0 heterocycles. The second-order valence-electron chi connectivity index (χ2n) is 7.98. The van der Waals surface area contributed by atoms with Crippen LogP contribution in [0.4, 0.5) is 17.1 Å². The summed E-state index contributed by atoms with van der Waals surface area (Å²) in [5.74, 6) is 0.816. The van der Waals surface area contributed by atoms with Crippen molar-refractivity contribution in [1.29, 1.82) is 0 Å². The fourth-order valence-electron chi connectivity index (χ4n) is 3.66. The fourth-order valence-corrected chi connectivity index (χ4v) is 3.89. The van der Waals surface area contributed by atoms with Crippen LogP contribution >= 0.6 is 12.3 Å². The third-order valence-corrected chi connectivity index (χ3v) is 5.85. The van der Waals surface area contributed by atoms with Crippen molar-refractivity contribution in [2.45, 2.75) is 13.8 Å². The number of hydrogen-bond acceptors (Lipinski definition) is 5. The van der Waals surface area contributed by atoms with Gasteiger partial charge in [0.2, 0.25) is 0 Å². The molecule has 0 fully saturated rings. The molecule has 174 valence electrons. The average Bonchev–Trinajstić information content (AvgIpc) is 2.87. The fraction of sp³-hybridized carbons (Fsp3) is 0.172. The van der Waals surface area contributed by atoms with Gasteiger partial charge in [0, 0.05) is 17.1 Å². The molecule has 0 N–H and O–H groups in total. The predicted molar refractivity (Wildman–Crippen MR) is 142 cm³/mol. The zero-order chi connectivity index (χ0) is 23.8. The standard InChI is InChI=1S/C29H29NO3S/c1-22-4-12-26(13-5-22)30(27-14-6-23(2)7-15-27)28-16-8-24(9-17-28)25-10-18-29(19-11-25)32-20-21-33-34-31-3/h4-19H,20-21H2,1-3H3. The first-order chi connectivity index (χ1) is 16.6. The van der Waals surface area contributed by atoms with E-state index in [1.165, 1.54) is 11.1 Å². The summed E-state index contributed by atoms with van der Waals surface area (Å²) < 4.78 is 15.7. The van der Waals surface area contributed by atoms with Gasteiger partial charge in [0.1, 0.15) is 12.4 Å². The van der Waals surface area contributed by atoms with Crippen LogP contribution in [0.5, 0.6) is 5.75 Å². The van der Waals surface area contributed by atoms with Crippen molar-refractivity contribution in [3.05, 3.63) is 108 Å². The van der Waals surface area contributed by atoms with E-state index in [4.69, 9.17) is 13.1 Å². The van der Waals surface area contributed by atoms with Crippen molar-refractivity contribution in [2.24, 2.45) is 0 Å². The Balaban J connectivity index is 1.52. The van der Waals surface area contributed by atoms with Crippen LogP contribution < -0.4 is 9.64 Å². The molecule has 0 radical (unpaired) electrons. The number of aryl methyl sites for hydroxylation is 2. The van der Waals surface area contributed by atoms with Crippen molar-refractivity contribution < 1.29 is 13.1 Å². The van der Waals surface area contributed by atoms with Gasteiger partial charge in [-0.15, -0.1) is 0 Å². The van der Waals surface area contributed by atoms with E-state index in [2.05, 4.69) is 104 Å². The van der Waals surface area contributed by atoms with Crippen molar-refractivity contribution in [1.82, 2.24) is 0 Å². The number of rotatable bonds is 10. The zero-order valence-corrected chi connectivity index (χ0v) is 20.5. The van der Waals surface area contributed by atoms with Crippen molar-refractivity contribution in [3.63, 3.8) is 0 Å². The van der Waals surface area contributed by atoms with E-state index in [0.717, 1.165) is 46.3 Å². The monoisotopic (exact) mass is 471 g/mol. The van der Waals surface area contributed by atoms with E-state index in [9.17, 15) is 0 Å². The molecule has 4 aromatic carbocycles. The van der Waals surface area contributed by atoms with E-state index < -0.39 is 0 Å². The quantitative estimate of drug-likeness (QED) is 0.172. The molecule has 0 aliphatic carbocycles. The number of hydrogen-bond donors (Lipinski definition) is 0. The van der Waals surface area contributed by atoms with Gasteiger partial charge in [0.15, 0.2) is 12.3 Å². The molecule has 0 aliphatic heterocycles. The highest BCUT2D eigenvalue weighted by Crippen LogP contribution is 2.36. The first kappa shape index (κ1) is 23.9. The summed E-state index contributed by atoms with van der Waals surface area (Å²) in [7, 11) is 1.57. The molecule has 0 unspecified atom stereocenters. The molecule has 0 spiro atoms. The minimum Gasteiger partial charge on any atom is -0.491 e. The number of anilines is 3. The Morgan fingerprint density at radius 2 is 1.03 bits per heavy atom. The van der Waals surface area contributed by atoms with Crippen LogP contribution in [0.25, 0.3) is 11.1 Å². The largest absolute Gasteiger partial charge is 0.491 e. The molecule has 4 nitrogen and oxygen atoms in total. The van der Waals surface area contributed by atoms with E-state index in [1.807, 2.05) is 12.1 Å². The van der Waals surface area contributed by atoms with Crippen LogP contribution in [-0.4, -0.2) is 20.3 Å². The summed E-state index contributed by atoms with van der Waals surface area (Å²) in [4.78, 5) is 2.28. The number of nitrogens with zero attached hydrogens (tertiary/aromatic N) is 1. The van der Waals surface area contributed by atoms with Gasteiger partial charge >= 0.3 is 0 Å². The summed E-state index contributed by atoms with van der Waals surface area (Å²) in [6, 6.07) is 34.1. The first-order valence-electron chi connectivity index (χ1n) is 11.2. The lowest BCUT2D eigenvalue weighted by Gasteiger charge is -2.26. The summed E-state index contributed by atoms with van der Waals surface area (Å²) in [5.41, 5.74) is 8.18. The van der Waals surface area contributed by atoms with E-state index in [1.54, 1.807) is 7.11 Å². The second-order valence-corrected chi connectivity index (χ2v) is 8.69. The Kier molecular flexibility index (Phi) is 8.26. The summed E-state index contributed by atoms with van der Waals surface area (Å²) in [6.07, 6.45) is 0. The average molecular weight is 472 g/mol. The topological polar surface area (TPSA) is 30.9 Å². The van der Waals surface area contributed by atoms with Crippen LogP contribution in [0.3, 0.4) is 0 Å². The van der Waals surface area contributed by atoms with Crippen molar-refractivity contribution >= 4 is 29.4 Å². The van der Waals surface area contributed by atoms with Crippen LogP contribution in [0.1, 0.15) is 11.1 Å². The van der Waals surface area contributed by atoms with Gasteiger partial charge in [0.05, 0.1) is 13.7 Å². The molecule has 0 atom stereocenters. The lowest BCUT2D eigenvalue weighted by molar-refractivity contribution is 0.225. The lowest BCUT2D eigenvalue weighted by Crippen LogP contribution is -2.09. The van der Waals surface area contributed by atoms with Crippen LogP contribution in [0, 0.1) is 13.8 Å². The van der Waals surface area contributed by atoms with Gasteiger partial charge in [-0.05, 0) is 73.5 Å². The van der Waals surface area contributed by atoms with Crippen LogP contribution in [0.15, 0.2) is 97.1 Å².